The Bertz CT molecular complexity index is 1980. The van der Waals surface area contributed by atoms with Gasteiger partial charge in [0.25, 0.3) is 5.56 Å². The Kier molecular flexibility index (Phi) is 5.61. The van der Waals surface area contributed by atoms with Crippen molar-refractivity contribution in [3.63, 3.8) is 0 Å². The van der Waals surface area contributed by atoms with E-state index in [9.17, 15) is 23.1 Å². The molecule has 0 saturated heterocycles. The van der Waals surface area contributed by atoms with Crippen molar-refractivity contribution < 1.29 is 18.3 Å². The largest absolute Gasteiger partial charge is 0.508 e. The van der Waals surface area contributed by atoms with E-state index in [2.05, 4.69) is 15.1 Å². The monoisotopic (exact) mass is 546 g/mol. The molecule has 10 nitrogen and oxygen atoms in total. The summed E-state index contributed by atoms with van der Waals surface area (Å²) in [5, 5.41) is 19.6. The summed E-state index contributed by atoms with van der Waals surface area (Å²) in [5.41, 5.74) is 6.74. The number of nitrogen functional groups attached to an aromatic ring is 1. The third kappa shape index (κ3) is 3.94. The molecular weight excluding hydrogens is 525 g/mol. The number of hydrogen-bond donors (Lipinski definition) is 2. The first-order valence-electron chi connectivity index (χ1n) is 12.1. The lowest BCUT2D eigenvalue weighted by Gasteiger charge is -2.19. The van der Waals surface area contributed by atoms with Crippen LogP contribution in [0.2, 0.25) is 0 Å². The van der Waals surface area contributed by atoms with Gasteiger partial charge in [0.15, 0.2) is 11.5 Å². The topological polar surface area (TPSA) is 129 Å². The first kappa shape index (κ1) is 25.1. The van der Waals surface area contributed by atoms with Crippen molar-refractivity contribution in [1.82, 2.24) is 33.9 Å². The van der Waals surface area contributed by atoms with E-state index in [-0.39, 0.29) is 33.7 Å². The number of phenols is 1. The van der Waals surface area contributed by atoms with Gasteiger partial charge in [0, 0.05) is 11.8 Å². The van der Waals surface area contributed by atoms with Gasteiger partial charge < -0.3 is 10.8 Å². The molecule has 0 bridgehead atoms. The Morgan fingerprint density at radius 3 is 2.50 bits per heavy atom. The number of fused-ring (bicyclic) bond motifs is 2. The van der Waals surface area contributed by atoms with Crippen LogP contribution in [0.1, 0.15) is 29.9 Å². The lowest BCUT2D eigenvalue weighted by molar-refractivity contribution is -0.137. The second-order valence-electron chi connectivity index (χ2n) is 9.32. The predicted molar refractivity (Wildman–Crippen MR) is 141 cm³/mol. The molecule has 0 radical (unpaired) electrons. The van der Waals surface area contributed by atoms with Crippen LogP contribution in [0.15, 0.2) is 71.9 Å². The highest BCUT2D eigenvalue weighted by atomic mass is 19.4. The van der Waals surface area contributed by atoms with Gasteiger partial charge in [-0.15, -0.1) is 0 Å². The zero-order chi connectivity index (χ0) is 28.3. The van der Waals surface area contributed by atoms with Gasteiger partial charge >= 0.3 is 6.18 Å². The van der Waals surface area contributed by atoms with Crippen molar-refractivity contribution in [1.29, 1.82) is 0 Å². The molecule has 6 rings (SSSR count). The van der Waals surface area contributed by atoms with Gasteiger partial charge in [-0.1, -0.05) is 18.2 Å². The smallest absolute Gasteiger partial charge is 0.416 e. The van der Waals surface area contributed by atoms with Gasteiger partial charge in [-0.2, -0.15) is 23.4 Å². The summed E-state index contributed by atoms with van der Waals surface area (Å²) < 4.78 is 45.1. The molecule has 13 heteroatoms. The standard InChI is InChI=1S/C27H21F3N8O2/c1-14-8-9-36-22(14)26(40)37(18-6-4-3-5-7-18)24(35-36)15(2)38-25-20(23(31)32-13-33-25)21(34-38)16-10-17(27(28,29)30)12-19(39)11-16/h3-13,15,39H,1-2H3,(H2,31,32,33)/t15-/m0/s1. The summed E-state index contributed by atoms with van der Waals surface area (Å²) in [5.74, 6) is -0.316. The second-order valence-corrected chi connectivity index (χ2v) is 9.32. The lowest BCUT2D eigenvalue weighted by Crippen LogP contribution is -2.29. The van der Waals surface area contributed by atoms with Gasteiger partial charge in [-0.3, -0.25) is 9.36 Å². The zero-order valence-electron chi connectivity index (χ0n) is 21.1. The number of para-hydroxylation sites is 1. The molecule has 0 aliphatic rings. The van der Waals surface area contributed by atoms with Gasteiger partial charge in [0.05, 0.1) is 16.6 Å². The molecule has 40 heavy (non-hydrogen) atoms. The maximum Gasteiger partial charge on any atom is 0.416 e. The number of rotatable bonds is 4. The third-order valence-corrected chi connectivity index (χ3v) is 6.70. The van der Waals surface area contributed by atoms with Crippen molar-refractivity contribution in [2.45, 2.75) is 26.1 Å². The van der Waals surface area contributed by atoms with Gasteiger partial charge in [0.2, 0.25) is 0 Å². The summed E-state index contributed by atoms with van der Waals surface area (Å²) in [6.07, 6.45) is -1.82. The fraction of sp³-hybridized carbons (Fsp3) is 0.148. The minimum Gasteiger partial charge on any atom is -0.508 e. The Hall–Kier alpha value is -5.20. The molecule has 0 fully saturated rings. The van der Waals surface area contributed by atoms with Crippen LogP contribution in [0.4, 0.5) is 19.0 Å². The molecule has 0 aliphatic carbocycles. The van der Waals surface area contributed by atoms with Crippen molar-refractivity contribution >= 4 is 22.4 Å². The first-order valence-corrected chi connectivity index (χ1v) is 12.1. The van der Waals surface area contributed by atoms with Crippen molar-refractivity contribution in [3.05, 3.63) is 94.4 Å². The molecule has 4 heterocycles. The van der Waals surface area contributed by atoms with Crippen LogP contribution in [-0.4, -0.2) is 39.0 Å². The third-order valence-electron chi connectivity index (χ3n) is 6.70. The lowest BCUT2D eigenvalue weighted by atomic mass is 10.1. The Morgan fingerprint density at radius 1 is 1.02 bits per heavy atom. The van der Waals surface area contributed by atoms with E-state index in [1.807, 2.05) is 13.0 Å². The number of nitrogens with zero attached hydrogens (tertiary/aromatic N) is 7. The number of alkyl halides is 3. The van der Waals surface area contributed by atoms with Gasteiger partial charge in [-0.05, 0) is 55.8 Å². The number of aromatic hydroxyl groups is 1. The van der Waals surface area contributed by atoms with Crippen LogP contribution in [0.3, 0.4) is 0 Å². The molecule has 202 valence electrons. The predicted octanol–water partition coefficient (Wildman–Crippen LogP) is 4.52. The molecule has 4 aromatic heterocycles. The highest BCUT2D eigenvalue weighted by Crippen LogP contribution is 2.38. The average molecular weight is 547 g/mol. The second kappa shape index (κ2) is 8.93. The molecule has 0 spiro atoms. The van der Waals surface area contributed by atoms with E-state index in [4.69, 9.17) is 10.8 Å². The van der Waals surface area contributed by atoms with E-state index in [1.165, 1.54) is 20.1 Å². The Balaban J connectivity index is 1.63. The van der Waals surface area contributed by atoms with E-state index in [0.717, 1.165) is 17.7 Å². The summed E-state index contributed by atoms with van der Waals surface area (Å²) in [6, 6.07) is 12.6. The first-order chi connectivity index (χ1) is 19.0. The summed E-state index contributed by atoms with van der Waals surface area (Å²) in [4.78, 5) is 22.1. The summed E-state index contributed by atoms with van der Waals surface area (Å²) in [6.45, 7) is 3.55. The van der Waals surface area contributed by atoms with Crippen molar-refractivity contribution in [2.24, 2.45) is 0 Å². The fourth-order valence-corrected chi connectivity index (χ4v) is 4.82. The van der Waals surface area contributed by atoms with Gasteiger partial charge in [-0.25, -0.2) is 19.2 Å². The van der Waals surface area contributed by atoms with Crippen LogP contribution in [0.25, 0.3) is 33.5 Å². The van der Waals surface area contributed by atoms with E-state index in [0.29, 0.717) is 23.1 Å². The van der Waals surface area contributed by atoms with Crippen molar-refractivity contribution in [3.8, 4) is 22.7 Å². The zero-order valence-corrected chi connectivity index (χ0v) is 21.1. The number of halogens is 3. The molecule has 3 N–H and O–H groups in total. The van der Waals surface area contributed by atoms with Crippen LogP contribution < -0.4 is 11.3 Å². The normalized spacial score (nSPS) is 12.8. The molecule has 2 aromatic carbocycles. The number of aryl methyl sites for hydroxylation is 1. The van der Waals surface area contributed by atoms with Crippen LogP contribution in [0, 0.1) is 6.92 Å². The minimum atomic E-state index is -4.71. The highest BCUT2D eigenvalue weighted by Gasteiger charge is 2.32. The molecule has 0 amide bonds. The van der Waals surface area contributed by atoms with Crippen molar-refractivity contribution in [2.75, 3.05) is 5.73 Å². The van der Waals surface area contributed by atoms with Crippen LogP contribution in [-0.2, 0) is 6.18 Å². The summed E-state index contributed by atoms with van der Waals surface area (Å²) in [7, 11) is 0. The van der Waals surface area contributed by atoms with E-state index in [1.54, 1.807) is 43.5 Å². The van der Waals surface area contributed by atoms with E-state index < -0.39 is 23.5 Å². The molecule has 1 atom stereocenters. The number of nitrogens with two attached hydrogens (primary N) is 1. The molecule has 0 aliphatic heterocycles. The number of hydrogen-bond acceptors (Lipinski definition) is 7. The number of anilines is 1. The van der Waals surface area contributed by atoms with Crippen LogP contribution >= 0.6 is 0 Å². The molecule has 0 unspecified atom stereocenters. The SMILES string of the molecule is Cc1ccn2nc([C@H](C)n3nc(-c4cc(O)cc(C(F)(F)F)c4)c4c(N)ncnc43)n(-c3ccccc3)c(=O)c12. The minimum absolute atomic E-state index is 0.0137. The maximum absolute atomic E-state index is 13.8. The summed E-state index contributed by atoms with van der Waals surface area (Å²) >= 11 is 0. The average Bonchev–Trinajstić information content (AvgIpc) is 3.49. The van der Waals surface area contributed by atoms with E-state index >= 15 is 0 Å². The Labute approximate surface area is 223 Å². The number of benzene rings is 2. The van der Waals surface area contributed by atoms with Gasteiger partial charge in [0.1, 0.15) is 35.1 Å². The van der Waals surface area contributed by atoms with Crippen LogP contribution in [0.5, 0.6) is 5.75 Å². The molecule has 6 aromatic rings. The molecular formula is C27H21F3N8O2. The Morgan fingerprint density at radius 2 is 1.77 bits per heavy atom. The highest BCUT2D eigenvalue weighted by molar-refractivity contribution is 5.98. The fourth-order valence-electron chi connectivity index (χ4n) is 4.82. The number of phenolic OH excluding ortho intramolecular Hbond substituents is 1. The maximum atomic E-state index is 13.8. The quantitative estimate of drug-likeness (QED) is 0.333. The number of aromatic nitrogens is 7. The molecule has 0 saturated carbocycles.